The SMILES string of the molecule is CC(C(=O)Nc1cccc(C#N)c1)N1CCC(CC(=O)N2CCCC2)CC1. The summed E-state index contributed by atoms with van der Waals surface area (Å²) in [7, 11) is 0. The van der Waals surface area contributed by atoms with Crippen LogP contribution >= 0.6 is 0 Å². The molecule has 0 spiro atoms. The molecule has 2 fully saturated rings. The van der Waals surface area contributed by atoms with Crippen molar-refractivity contribution < 1.29 is 9.59 Å². The van der Waals surface area contributed by atoms with Crippen molar-refractivity contribution >= 4 is 17.5 Å². The third kappa shape index (κ3) is 5.08. The van der Waals surface area contributed by atoms with E-state index in [1.54, 1.807) is 24.3 Å². The molecule has 2 saturated heterocycles. The fraction of sp³-hybridized carbons (Fsp3) is 0.571. The predicted molar refractivity (Wildman–Crippen MR) is 104 cm³/mol. The van der Waals surface area contributed by atoms with Crippen LogP contribution in [0.5, 0.6) is 0 Å². The van der Waals surface area contributed by atoms with E-state index in [0.717, 1.165) is 51.9 Å². The molecule has 1 aromatic carbocycles. The highest BCUT2D eigenvalue weighted by molar-refractivity contribution is 5.94. The molecule has 2 aliphatic rings. The van der Waals surface area contributed by atoms with E-state index in [2.05, 4.69) is 16.3 Å². The second-order valence-electron chi connectivity index (χ2n) is 7.63. The highest BCUT2D eigenvalue weighted by Crippen LogP contribution is 2.24. The van der Waals surface area contributed by atoms with Crippen LogP contribution in [0.4, 0.5) is 5.69 Å². The smallest absolute Gasteiger partial charge is 0.241 e. The maximum absolute atomic E-state index is 12.5. The topological polar surface area (TPSA) is 76.4 Å². The van der Waals surface area contributed by atoms with Crippen molar-refractivity contribution in [2.24, 2.45) is 5.92 Å². The summed E-state index contributed by atoms with van der Waals surface area (Å²) in [5, 5.41) is 11.9. The Labute approximate surface area is 161 Å². The average Bonchev–Trinajstić information content (AvgIpc) is 3.23. The van der Waals surface area contributed by atoms with Crippen LogP contribution in [0, 0.1) is 17.2 Å². The number of anilines is 1. The lowest BCUT2D eigenvalue weighted by Gasteiger charge is -2.35. The lowest BCUT2D eigenvalue weighted by molar-refractivity contribution is -0.132. The number of nitrogens with one attached hydrogen (secondary N) is 1. The minimum Gasteiger partial charge on any atom is -0.343 e. The second-order valence-corrected chi connectivity index (χ2v) is 7.63. The Bertz CT molecular complexity index is 713. The van der Waals surface area contributed by atoms with Gasteiger partial charge < -0.3 is 10.2 Å². The molecule has 6 heteroatoms. The third-order valence-electron chi connectivity index (χ3n) is 5.76. The maximum atomic E-state index is 12.5. The van der Waals surface area contributed by atoms with Gasteiger partial charge in [-0.05, 0) is 69.8 Å². The molecule has 27 heavy (non-hydrogen) atoms. The standard InChI is InChI=1S/C21H28N4O2/c1-16(21(27)23-19-6-4-5-18(13-19)15-22)24-11-7-17(8-12-24)14-20(26)25-9-2-3-10-25/h4-6,13,16-17H,2-3,7-12,14H2,1H3,(H,23,27). The summed E-state index contributed by atoms with van der Waals surface area (Å²) in [6, 6.07) is 8.81. The zero-order chi connectivity index (χ0) is 19.2. The Balaban J connectivity index is 1.46. The summed E-state index contributed by atoms with van der Waals surface area (Å²) in [5.74, 6) is 0.669. The molecule has 6 nitrogen and oxygen atoms in total. The molecule has 1 aromatic rings. The quantitative estimate of drug-likeness (QED) is 0.867. The molecule has 0 aromatic heterocycles. The van der Waals surface area contributed by atoms with Crippen molar-refractivity contribution in [2.45, 2.75) is 45.1 Å². The van der Waals surface area contributed by atoms with Gasteiger partial charge in [-0.2, -0.15) is 5.26 Å². The third-order valence-corrected chi connectivity index (χ3v) is 5.76. The van der Waals surface area contributed by atoms with Crippen molar-refractivity contribution in [2.75, 3.05) is 31.5 Å². The Morgan fingerprint density at radius 3 is 2.59 bits per heavy atom. The molecule has 1 unspecified atom stereocenters. The van der Waals surface area contributed by atoms with E-state index in [1.165, 1.54) is 0 Å². The van der Waals surface area contributed by atoms with Crippen LogP contribution in [0.3, 0.4) is 0 Å². The van der Waals surface area contributed by atoms with E-state index < -0.39 is 0 Å². The number of piperidine rings is 1. The largest absolute Gasteiger partial charge is 0.343 e. The average molecular weight is 368 g/mol. The molecule has 2 heterocycles. The van der Waals surface area contributed by atoms with Gasteiger partial charge in [0, 0.05) is 25.2 Å². The zero-order valence-corrected chi connectivity index (χ0v) is 16.0. The van der Waals surface area contributed by atoms with Crippen molar-refractivity contribution in [3.8, 4) is 6.07 Å². The highest BCUT2D eigenvalue weighted by Gasteiger charge is 2.29. The van der Waals surface area contributed by atoms with Gasteiger partial charge in [-0.15, -0.1) is 0 Å². The summed E-state index contributed by atoms with van der Waals surface area (Å²) in [6.45, 7) is 5.43. The normalized spacial score (nSPS) is 19.5. The van der Waals surface area contributed by atoms with Gasteiger partial charge in [0.05, 0.1) is 17.7 Å². The highest BCUT2D eigenvalue weighted by atomic mass is 16.2. The Morgan fingerprint density at radius 2 is 1.93 bits per heavy atom. The summed E-state index contributed by atoms with van der Waals surface area (Å²) >= 11 is 0. The van der Waals surface area contributed by atoms with Gasteiger partial charge in [0.15, 0.2) is 0 Å². The first kappa shape index (κ1) is 19.4. The molecule has 0 saturated carbocycles. The van der Waals surface area contributed by atoms with Crippen molar-refractivity contribution in [3.05, 3.63) is 29.8 Å². The van der Waals surface area contributed by atoms with Crippen LogP contribution in [0.2, 0.25) is 0 Å². The minimum absolute atomic E-state index is 0.0586. The van der Waals surface area contributed by atoms with Crippen molar-refractivity contribution in [3.63, 3.8) is 0 Å². The number of likely N-dealkylation sites (tertiary alicyclic amines) is 2. The first-order valence-electron chi connectivity index (χ1n) is 9.89. The molecular formula is C21H28N4O2. The minimum atomic E-state index is -0.231. The van der Waals surface area contributed by atoms with Gasteiger partial charge in [0.2, 0.25) is 11.8 Å². The van der Waals surface area contributed by atoms with Gasteiger partial charge in [-0.25, -0.2) is 0 Å². The maximum Gasteiger partial charge on any atom is 0.241 e. The predicted octanol–water partition coefficient (Wildman–Crippen LogP) is 2.61. The molecule has 2 aliphatic heterocycles. The molecule has 144 valence electrons. The second kappa shape index (κ2) is 9.01. The number of nitriles is 1. The fourth-order valence-corrected chi connectivity index (χ4v) is 3.97. The number of carbonyl (C=O) groups excluding carboxylic acids is 2. The molecule has 2 amide bonds. The van der Waals surface area contributed by atoms with Crippen LogP contribution < -0.4 is 5.32 Å². The number of carbonyl (C=O) groups is 2. The van der Waals surface area contributed by atoms with Crippen molar-refractivity contribution in [1.82, 2.24) is 9.80 Å². The van der Waals surface area contributed by atoms with Crippen molar-refractivity contribution in [1.29, 1.82) is 5.26 Å². The number of benzene rings is 1. The van der Waals surface area contributed by atoms with Gasteiger partial charge in [-0.1, -0.05) is 6.07 Å². The van der Waals surface area contributed by atoms with E-state index >= 15 is 0 Å². The van der Waals surface area contributed by atoms with Gasteiger partial charge in [-0.3, -0.25) is 14.5 Å². The summed E-state index contributed by atoms with van der Waals surface area (Å²) in [4.78, 5) is 29.0. The van der Waals surface area contributed by atoms with Crippen LogP contribution in [0.15, 0.2) is 24.3 Å². The molecule has 3 rings (SSSR count). The number of hydrogen-bond acceptors (Lipinski definition) is 4. The van der Waals surface area contributed by atoms with E-state index in [0.29, 0.717) is 29.5 Å². The summed E-state index contributed by atoms with van der Waals surface area (Å²) in [5.41, 5.74) is 1.18. The van der Waals surface area contributed by atoms with E-state index in [1.807, 2.05) is 11.8 Å². The van der Waals surface area contributed by atoms with Crippen LogP contribution in [0.25, 0.3) is 0 Å². The molecular weight excluding hydrogens is 340 g/mol. The fourth-order valence-electron chi connectivity index (χ4n) is 3.97. The van der Waals surface area contributed by atoms with Crippen LogP contribution in [-0.2, 0) is 9.59 Å². The zero-order valence-electron chi connectivity index (χ0n) is 16.0. The lowest BCUT2D eigenvalue weighted by Crippen LogP contribution is -2.46. The summed E-state index contributed by atoms with van der Waals surface area (Å²) in [6.07, 6.45) is 4.83. The Kier molecular flexibility index (Phi) is 6.46. The van der Waals surface area contributed by atoms with E-state index in [9.17, 15) is 9.59 Å². The Hall–Kier alpha value is -2.39. The first-order valence-corrected chi connectivity index (χ1v) is 9.89. The molecule has 1 N–H and O–H groups in total. The van der Waals surface area contributed by atoms with E-state index in [4.69, 9.17) is 5.26 Å². The van der Waals surface area contributed by atoms with Crippen LogP contribution in [0.1, 0.15) is 44.6 Å². The van der Waals surface area contributed by atoms with Crippen LogP contribution in [-0.4, -0.2) is 53.8 Å². The summed E-state index contributed by atoms with van der Waals surface area (Å²) < 4.78 is 0. The lowest BCUT2D eigenvalue weighted by atomic mass is 9.92. The van der Waals surface area contributed by atoms with Gasteiger partial charge in [0.1, 0.15) is 0 Å². The molecule has 1 atom stereocenters. The molecule has 0 aliphatic carbocycles. The number of hydrogen-bond donors (Lipinski definition) is 1. The number of amides is 2. The van der Waals surface area contributed by atoms with Gasteiger partial charge in [0.25, 0.3) is 0 Å². The molecule has 0 bridgehead atoms. The number of nitrogens with zero attached hydrogens (tertiary/aromatic N) is 3. The Morgan fingerprint density at radius 1 is 1.22 bits per heavy atom. The van der Waals surface area contributed by atoms with E-state index in [-0.39, 0.29) is 11.9 Å². The molecule has 0 radical (unpaired) electrons. The number of rotatable bonds is 5. The first-order chi connectivity index (χ1) is 13.1. The monoisotopic (exact) mass is 368 g/mol. The van der Waals surface area contributed by atoms with Gasteiger partial charge >= 0.3 is 0 Å².